The van der Waals surface area contributed by atoms with E-state index in [1.54, 1.807) is 0 Å². The molecule has 0 spiro atoms. The minimum absolute atomic E-state index is 0.0208. The van der Waals surface area contributed by atoms with Crippen LogP contribution in [0, 0.1) is 11.8 Å². The van der Waals surface area contributed by atoms with E-state index in [2.05, 4.69) is 11.8 Å². The van der Waals surface area contributed by atoms with Gasteiger partial charge in [-0.15, -0.1) is 0 Å². The second-order valence-corrected chi connectivity index (χ2v) is 4.71. The van der Waals surface area contributed by atoms with Gasteiger partial charge in [0.1, 0.15) is 0 Å². The monoisotopic (exact) mass is 272 g/mol. The van der Waals surface area contributed by atoms with Gasteiger partial charge in [0.15, 0.2) is 5.12 Å². The number of hydrogen-bond acceptors (Lipinski definition) is 2. The van der Waals surface area contributed by atoms with Gasteiger partial charge < -0.3 is 0 Å². The number of hydrogen-bond donors (Lipinski definition) is 0. The molecule has 0 saturated heterocycles. The average molecular weight is 272 g/mol. The zero-order chi connectivity index (χ0) is 13.6. The molecule has 1 rings (SSSR count). The summed E-state index contributed by atoms with van der Waals surface area (Å²) in [6.07, 6.45) is -4.00. The smallest absolute Gasteiger partial charge is 0.288 e. The zero-order valence-electron chi connectivity index (χ0n) is 9.67. The Morgan fingerprint density at radius 3 is 2.61 bits per heavy atom. The van der Waals surface area contributed by atoms with Crippen molar-refractivity contribution in [2.45, 2.75) is 19.5 Å². The molecule has 0 fully saturated rings. The van der Waals surface area contributed by atoms with E-state index in [1.165, 1.54) is 25.1 Å². The van der Waals surface area contributed by atoms with Crippen molar-refractivity contribution in [1.29, 1.82) is 0 Å². The molecule has 0 saturated carbocycles. The normalized spacial score (nSPS) is 10.7. The van der Waals surface area contributed by atoms with Crippen LogP contribution in [-0.4, -0.2) is 10.9 Å². The molecule has 0 bridgehead atoms. The van der Waals surface area contributed by atoms with E-state index in [9.17, 15) is 18.0 Å². The van der Waals surface area contributed by atoms with Gasteiger partial charge in [0.05, 0.1) is 5.56 Å². The van der Waals surface area contributed by atoms with Gasteiger partial charge in [-0.25, -0.2) is 0 Å². The zero-order valence-corrected chi connectivity index (χ0v) is 10.5. The number of rotatable bonds is 2. The molecule has 1 aromatic rings. The second kappa shape index (κ2) is 6.50. The Kier molecular flexibility index (Phi) is 5.29. The number of carbonyl (C=O) groups excluding carboxylic acids is 1. The first-order valence-corrected chi connectivity index (χ1v) is 6.18. The lowest BCUT2D eigenvalue weighted by molar-refractivity contribution is -0.137. The summed E-state index contributed by atoms with van der Waals surface area (Å²) in [6.45, 7) is 1.44. The molecule has 96 valence electrons. The van der Waals surface area contributed by atoms with E-state index in [0.29, 0.717) is 12.2 Å². The van der Waals surface area contributed by atoms with Crippen molar-refractivity contribution in [2.24, 2.45) is 0 Å². The van der Waals surface area contributed by atoms with Crippen LogP contribution < -0.4 is 0 Å². The van der Waals surface area contributed by atoms with Gasteiger partial charge in [-0.1, -0.05) is 35.7 Å². The molecule has 0 aliphatic carbocycles. The van der Waals surface area contributed by atoms with Crippen LogP contribution in [-0.2, 0) is 11.0 Å². The van der Waals surface area contributed by atoms with E-state index in [1.807, 2.05) is 0 Å². The summed E-state index contributed by atoms with van der Waals surface area (Å²) in [4.78, 5) is 10.6. The summed E-state index contributed by atoms with van der Waals surface area (Å²) in [7, 11) is 0. The molecule has 0 amide bonds. The predicted molar refractivity (Wildman–Crippen MR) is 66.1 cm³/mol. The summed E-state index contributed by atoms with van der Waals surface area (Å²) < 4.78 is 37.8. The van der Waals surface area contributed by atoms with Crippen LogP contribution in [0.15, 0.2) is 24.3 Å². The molecule has 1 aromatic carbocycles. The Labute approximate surface area is 108 Å². The molecule has 18 heavy (non-hydrogen) atoms. The third-order valence-corrected chi connectivity index (χ3v) is 2.80. The Morgan fingerprint density at radius 2 is 2.00 bits per heavy atom. The molecule has 0 aromatic heterocycles. The lowest BCUT2D eigenvalue weighted by atomic mass is 10.1. The van der Waals surface area contributed by atoms with Gasteiger partial charge in [0.25, 0.3) is 0 Å². The van der Waals surface area contributed by atoms with Gasteiger partial charge in [-0.05, 0) is 12.1 Å². The van der Waals surface area contributed by atoms with Gasteiger partial charge >= 0.3 is 6.18 Å². The lowest BCUT2D eigenvalue weighted by Crippen LogP contribution is -2.07. The quantitative estimate of drug-likeness (QED) is 0.603. The van der Waals surface area contributed by atoms with Crippen LogP contribution in [0.25, 0.3) is 0 Å². The maximum atomic E-state index is 12.6. The minimum Gasteiger partial charge on any atom is -0.288 e. The highest BCUT2D eigenvalue weighted by molar-refractivity contribution is 8.13. The fourth-order valence-electron chi connectivity index (χ4n) is 1.24. The molecular formula is C13H11F3OS. The Balaban J connectivity index is 2.73. The molecule has 1 nitrogen and oxygen atoms in total. The van der Waals surface area contributed by atoms with Crippen LogP contribution in [0.3, 0.4) is 0 Å². The Morgan fingerprint density at radius 1 is 1.33 bits per heavy atom. The largest absolute Gasteiger partial charge is 0.417 e. The van der Waals surface area contributed by atoms with E-state index in [4.69, 9.17) is 0 Å². The van der Waals surface area contributed by atoms with Crippen LogP contribution >= 0.6 is 11.8 Å². The Hall–Kier alpha value is -1.41. The summed E-state index contributed by atoms with van der Waals surface area (Å²) in [5, 5.41) is -0.0208. The summed E-state index contributed by atoms with van der Waals surface area (Å²) in [5.74, 6) is 5.64. The van der Waals surface area contributed by atoms with E-state index in [-0.39, 0.29) is 10.7 Å². The van der Waals surface area contributed by atoms with Crippen LogP contribution in [0.4, 0.5) is 13.2 Å². The number of carbonyl (C=O) groups is 1. The van der Waals surface area contributed by atoms with Gasteiger partial charge in [0, 0.05) is 24.7 Å². The van der Waals surface area contributed by atoms with Crippen molar-refractivity contribution >= 4 is 16.9 Å². The highest BCUT2D eigenvalue weighted by atomic mass is 32.2. The standard InChI is InChI=1S/C13H11F3OS/c1-10(17)18-9-5-4-7-11-6-2-3-8-12(11)13(14,15)16/h2-3,6,8H,5,9H2,1H3. The van der Waals surface area contributed by atoms with Crippen molar-refractivity contribution in [3.8, 4) is 11.8 Å². The number of halogens is 3. The van der Waals surface area contributed by atoms with E-state index < -0.39 is 11.7 Å². The summed E-state index contributed by atoms with van der Waals surface area (Å²) in [6, 6.07) is 5.20. The van der Waals surface area contributed by atoms with Crippen LogP contribution in [0.2, 0.25) is 0 Å². The molecule has 0 atom stereocenters. The number of alkyl halides is 3. The van der Waals surface area contributed by atoms with Crippen LogP contribution in [0.5, 0.6) is 0 Å². The third-order valence-electron chi connectivity index (χ3n) is 1.99. The highest BCUT2D eigenvalue weighted by Crippen LogP contribution is 2.31. The van der Waals surface area contributed by atoms with Crippen molar-refractivity contribution in [1.82, 2.24) is 0 Å². The van der Waals surface area contributed by atoms with Crippen molar-refractivity contribution < 1.29 is 18.0 Å². The van der Waals surface area contributed by atoms with Gasteiger partial charge in [-0.3, -0.25) is 4.79 Å². The summed E-state index contributed by atoms with van der Waals surface area (Å²) >= 11 is 1.11. The summed E-state index contributed by atoms with van der Waals surface area (Å²) in [5.41, 5.74) is -0.755. The molecule has 5 heteroatoms. The topological polar surface area (TPSA) is 17.1 Å². The lowest BCUT2D eigenvalue weighted by Gasteiger charge is -2.07. The molecule has 0 heterocycles. The second-order valence-electron chi connectivity index (χ2n) is 3.44. The first kappa shape index (κ1) is 14.7. The van der Waals surface area contributed by atoms with Crippen LogP contribution in [0.1, 0.15) is 24.5 Å². The molecule has 0 aliphatic rings. The highest BCUT2D eigenvalue weighted by Gasteiger charge is 2.32. The predicted octanol–water partition coefficient (Wildman–Crippen LogP) is 3.73. The van der Waals surface area contributed by atoms with Crippen molar-refractivity contribution in [3.05, 3.63) is 35.4 Å². The first-order valence-electron chi connectivity index (χ1n) is 5.19. The minimum atomic E-state index is -4.39. The molecule has 0 radical (unpaired) electrons. The third kappa shape index (κ3) is 4.84. The fraction of sp³-hybridized carbons (Fsp3) is 0.308. The van der Waals surface area contributed by atoms with Gasteiger partial charge in [0.2, 0.25) is 0 Å². The Bertz CT molecular complexity index is 483. The maximum absolute atomic E-state index is 12.6. The molecule has 0 N–H and O–H groups in total. The van der Waals surface area contributed by atoms with Crippen molar-refractivity contribution in [2.75, 3.05) is 5.75 Å². The SMILES string of the molecule is CC(=O)SCCC#Cc1ccccc1C(F)(F)F. The van der Waals surface area contributed by atoms with Crippen molar-refractivity contribution in [3.63, 3.8) is 0 Å². The van der Waals surface area contributed by atoms with E-state index in [0.717, 1.165) is 17.8 Å². The van der Waals surface area contributed by atoms with E-state index >= 15 is 0 Å². The molecule has 0 aliphatic heterocycles. The molecule has 0 unspecified atom stereocenters. The molecular weight excluding hydrogens is 261 g/mol. The number of benzene rings is 1. The first-order chi connectivity index (χ1) is 8.41. The van der Waals surface area contributed by atoms with Gasteiger partial charge in [-0.2, -0.15) is 13.2 Å². The fourth-order valence-corrected chi connectivity index (χ4v) is 1.73. The maximum Gasteiger partial charge on any atom is 0.417 e. The number of thioether (sulfide) groups is 1. The average Bonchev–Trinajstić information content (AvgIpc) is 2.27.